The van der Waals surface area contributed by atoms with Gasteiger partial charge in [0.2, 0.25) is 0 Å². The number of hydrogen-bond acceptors (Lipinski definition) is 5. The molecule has 0 aliphatic rings. The fourth-order valence-corrected chi connectivity index (χ4v) is 0.275. The van der Waals surface area contributed by atoms with E-state index >= 15 is 0 Å². The molecule has 8 nitrogen and oxygen atoms in total. The summed E-state index contributed by atoms with van der Waals surface area (Å²) < 4.78 is 0. The normalized spacial score (nSPS) is 10.0. The minimum Gasteiger partial charge on any atom is -0.481 e. The molecule has 0 aromatic heterocycles. The summed E-state index contributed by atoms with van der Waals surface area (Å²) in [5, 5.41) is 23.6. The Morgan fingerprint density at radius 2 is 1.40 bits per heavy atom. The zero-order chi connectivity index (χ0) is 11.7. The monoisotopic (exact) mass is 264 g/mol. The van der Waals surface area contributed by atoms with Gasteiger partial charge in [-0.1, -0.05) is 0 Å². The third-order valence-corrected chi connectivity index (χ3v) is 0.886. The van der Waals surface area contributed by atoms with Crippen LogP contribution in [-0.2, 0) is 31.5 Å². The number of carboxylic acids is 3. The van der Waals surface area contributed by atoms with Gasteiger partial charge >= 0.3 is 17.9 Å². The van der Waals surface area contributed by atoms with Gasteiger partial charge in [-0.05, 0) is 0 Å². The quantitative estimate of drug-likeness (QED) is 0.360. The van der Waals surface area contributed by atoms with Crippen LogP contribution in [0.4, 0.5) is 0 Å². The molecule has 0 amide bonds. The Labute approximate surface area is 95.7 Å². The van der Waals surface area contributed by atoms with Crippen molar-refractivity contribution < 1.29 is 46.8 Å². The first-order valence-corrected chi connectivity index (χ1v) is 3.43. The van der Waals surface area contributed by atoms with Crippen molar-refractivity contribution >= 4 is 17.9 Å². The number of aliphatic carboxylic acids is 3. The number of carboxylic acid groups (broad SMARTS) is 3. The molecular weight excluding hydrogens is 252 g/mol. The van der Waals surface area contributed by atoms with Crippen molar-refractivity contribution in [3.8, 4) is 0 Å². The van der Waals surface area contributed by atoms with E-state index in [1.807, 2.05) is 0 Å². The number of nitrogens with two attached hydrogens (primary N) is 2. The molecule has 0 bridgehead atoms. The van der Waals surface area contributed by atoms with Crippen molar-refractivity contribution in [2.24, 2.45) is 11.5 Å². The maximum Gasteiger partial charge on any atom is 0.321 e. The molecule has 9 heteroatoms. The maximum absolute atomic E-state index is 9.85. The molecule has 0 radical (unpaired) electrons. The van der Waals surface area contributed by atoms with Gasteiger partial charge in [-0.25, -0.2) is 0 Å². The molecule has 0 aromatic rings. The Bertz CT molecular complexity index is 222. The van der Waals surface area contributed by atoms with E-state index in [9.17, 15) is 14.4 Å². The van der Waals surface area contributed by atoms with Crippen LogP contribution >= 0.6 is 0 Å². The number of rotatable bonds is 4. The Kier molecular flexibility index (Phi) is 14.2. The molecule has 0 fully saturated rings. The maximum atomic E-state index is 9.85. The summed E-state index contributed by atoms with van der Waals surface area (Å²) >= 11 is 0. The van der Waals surface area contributed by atoms with Crippen molar-refractivity contribution in [2.45, 2.75) is 12.5 Å². The van der Waals surface area contributed by atoms with Crippen LogP contribution in [0.2, 0.25) is 0 Å². The summed E-state index contributed by atoms with van der Waals surface area (Å²) in [7, 11) is 0. The Hall–Kier alpha value is -1.15. The summed E-state index contributed by atoms with van der Waals surface area (Å²) in [6, 6.07) is -1.29. The summed E-state index contributed by atoms with van der Waals surface area (Å²) in [5.74, 6) is -3.47. The van der Waals surface area contributed by atoms with Crippen LogP contribution in [-0.4, -0.2) is 45.8 Å². The van der Waals surface area contributed by atoms with Crippen LogP contribution in [0.5, 0.6) is 0 Å². The van der Waals surface area contributed by atoms with Crippen LogP contribution in [0.15, 0.2) is 0 Å². The standard InChI is InChI=1S/C4H7NO4.C2H5NO2.Fe/c5-2(4(8)9)1-3(6)7;3-1-2(4)5;/h2H,1,5H2,(H,6,7)(H,8,9);1,3H2,(H,4,5);. The van der Waals surface area contributed by atoms with Crippen LogP contribution in [0.1, 0.15) is 6.42 Å². The van der Waals surface area contributed by atoms with E-state index in [0.717, 1.165) is 0 Å². The molecule has 0 saturated heterocycles. The van der Waals surface area contributed by atoms with E-state index in [-0.39, 0.29) is 23.6 Å². The Morgan fingerprint density at radius 3 is 1.47 bits per heavy atom. The molecule has 0 aliphatic heterocycles. The molecule has 0 rings (SSSR count). The smallest absolute Gasteiger partial charge is 0.321 e. The molecule has 7 N–H and O–H groups in total. The molecule has 1 atom stereocenters. The van der Waals surface area contributed by atoms with Gasteiger partial charge in [0.05, 0.1) is 13.0 Å². The molecule has 90 valence electrons. The van der Waals surface area contributed by atoms with Crippen LogP contribution in [0.25, 0.3) is 0 Å². The fraction of sp³-hybridized carbons (Fsp3) is 0.500. The second-order valence-corrected chi connectivity index (χ2v) is 2.14. The fourth-order valence-electron chi connectivity index (χ4n) is 0.275. The topological polar surface area (TPSA) is 164 Å². The van der Waals surface area contributed by atoms with Gasteiger partial charge in [0, 0.05) is 17.1 Å². The zero-order valence-electron chi connectivity index (χ0n) is 7.57. The molecular formula is C6H12FeN2O6. The summed E-state index contributed by atoms with van der Waals surface area (Å²) in [6.45, 7) is -0.278. The average Bonchev–Trinajstić information content (AvgIpc) is 2.04. The zero-order valence-corrected chi connectivity index (χ0v) is 8.67. The van der Waals surface area contributed by atoms with E-state index < -0.39 is 30.4 Å². The van der Waals surface area contributed by atoms with Crippen LogP contribution < -0.4 is 11.5 Å². The van der Waals surface area contributed by atoms with Gasteiger partial charge in [0.15, 0.2) is 0 Å². The predicted octanol–water partition coefficient (Wildman–Crippen LogP) is -2.10. The van der Waals surface area contributed by atoms with Gasteiger partial charge in [0.25, 0.3) is 0 Å². The average molecular weight is 264 g/mol. The van der Waals surface area contributed by atoms with Crippen molar-refractivity contribution in [3.05, 3.63) is 0 Å². The van der Waals surface area contributed by atoms with Gasteiger partial charge in [-0.15, -0.1) is 0 Å². The van der Waals surface area contributed by atoms with Crippen molar-refractivity contribution in [2.75, 3.05) is 6.54 Å². The van der Waals surface area contributed by atoms with E-state index in [0.29, 0.717) is 0 Å². The molecule has 0 spiro atoms. The number of hydrogen-bond donors (Lipinski definition) is 5. The second-order valence-electron chi connectivity index (χ2n) is 2.14. The SMILES string of the molecule is NC(CC(=O)O)C(=O)O.NCC(=O)O.[Fe]. The van der Waals surface area contributed by atoms with Crippen molar-refractivity contribution in [1.82, 2.24) is 0 Å². The summed E-state index contributed by atoms with van der Waals surface area (Å²) in [6.07, 6.45) is -0.532. The van der Waals surface area contributed by atoms with Gasteiger partial charge in [-0.2, -0.15) is 0 Å². The van der Waals surface area contributed by atoms with E-state index in [2.05, 4.69) is 5.73 Å². The van der Waals surface area contributed by atoms with E-state index in [1.165, 1.54) is 0 Å². The number of carbonyl (C=O) groups is 3. The summed E-state index contributed by atoms with van der Waals surface area (Å²) in [4.78, 5) is 28.9. The first-order valence-electron chi connectivity index (χ1n) is 3.43. The minimum absolute atomic E-state index is 0. The Morgan fingerprint density at radius 1 is 1.07 bits per heavy atom. The Balaban J connectivity index is -0.000000208. The first-order chi connectivity index (χ1) is 6.31. The predicted molar refractivity (Wildman–Crippen MR) is 44.6 cm³/mol. The minimum atomic E-state index is -1.29. The van der Waals surface area contributed by atoms with Gasteiger partial charge in [0.1, 0.15) is 6.04 Å². The molecule has 0 aliphatic carbocycles. The van der Waals surface area contributed by atoms with E-state index in [1.54, 1.807) is 0 Å². The third kappa shape index (κ3) is 19.3. The second kappa shape index (κ2) is 10.9. The van der Waals surface area contributed by atoms with Crippen LogP contribution in [0.3, 0.4) is 0 Å². The molecule has 0 aromatic carbocycles. The molecule has 1 unspecified atom stereocenters. The van der Waals surface area contributed by atoms with E-state index in [4.69, 9.17) is 21.1 Å². The van der Waals surface area contributed by atoms with Gasteiger partial charge in [-0.3, -0.25) is 14.4 Å². The molecule has 0 heterocycles. The third-order valence-electron chi connectivity index (χ3n) is 0.886. The van der Waals surface area contributed by atoms with Crippen LogP contribution in [0, 0.1) is 0 Å². The summed E-state index contributed by atoms with van der Waals surface area (Å²) in [5.41, 5.74) is 9.41. The van der Waals surface area contributed by atoms with Crippen molar-refractivity contribution in [1.29, 1.82) is 0 Å². The molecule has 15 heavy (non-hydrogen) atoms. The molecule has 0 saturated carbocycles. The largest absolute Gasteiger partial charge is 0.481 e. The van der Waals surface area contributed by atoms with Crippen molar-refractivity contribution in [3.63, 3.8) is 0 Å². The first kappa shape index (κ1) is 19.4. The van der Waals surface area contributed by atoms with Gasteiger partial charge < -0.3 is 26.8 Å².